The van der Waals surface area contributed by atoms with Gasteiger partial charge in [-0.25, -0.2) is 19.2 Å². The normalized spacial score (nSPS) is 18.1. The van der Waals surface area contributed by atoms with E-state index in [4.69, 9.17) is 25.8 Å². The Bertz CT molecular complexity index is 1830. The van der Waals surface area contributed by atoms with Crippen molar-refractivity contribution in [1.82, 2.24) is 29.4 Å². The van der Waals surface area contributed by atoms with Crippen LogP contribution in [0.1, 0.15) is 96.0 Å². The molecule has 1 atom stereocenters. The molecule has 0 aromatic carbocycles. The van der Waals surface area contributed by atoms with Gasteiger partial charge in [-0.15, -0.1) is 5.10 Å². The average Bonchev–Trinajstić information content (AvgIpc) is 3.41. The lowest BCUT2D eigenvalue weighted by Gasteiger charge is -2.33. The van der Waals surface area contributed by atoms with E-state index < -0.39 is 21.5 Å². The highest BCUT2D eigenvalue weighted by Gasteiger charge is 2.42. The SMILES string of the molecule is Cc1ccc(S(=O)(=O)NC(=O)c2ccc(-n3ccc(OCCC4(C)CC4)n3)nc2Cl)nc1OCCC[C@@H]1CN(C(=O)OC(C)(C)C)C(C)(C)C1. The smallest absolute Gasteiger partial charge is 0.410 e. The maximum absolute atomic E-state index is 13.2. The number of carbonyl (C=O) groups is 2. The number of likely N-dealkylation sites (tertiary alicyclic amines) is 1. The molecule has 3 aromatic rings. The molecular formula is C35H47ClN6O7S. The largest absolute Gasteiger partial charge is 0.477 e. The first-order valence-electron chi connectivity index (χ1n) is 16.9. The number of hydrogen-bond donors (Lipinski definition) is 1. The third kappa shape index (κ3) is 9.45. The third-order valence-electron chi connectivity index (χ3n) is 9.03. The van der Waals surface area contributed by atoms with Crippen LogP contribution in [0.2, 0.25) is 5.15 Å². The summed E-state index contributed by atoms with van der Waals surface area (Å²) >= 11 is 6.32. The minimum absolute atomic E-state index is 0.135. The Kier molecular flexibility index (Phi) is 10.7. The van der Waals surface area contributed by atoms with Crippen molar-refractivity contribution in [2.24, 2.45) is 11.3 Å². The van der Waals surface area contributed by atoms with Crippen molar-refractivity contribution in [3.63, 3.8) is 0 Å². The van der Waals surface area contributed by atoms with Gasteiger partial charge in [-0.05, 0) is 110 Å². The van der Waals surface area contributed by atoms with Crippen molar-refractivity contribution in [1.29, 1.82) is 0 Å². The number of nitrogens with one attached hydrogen (secondary N) is 1. The second kappa shape index (κ2) is 14.4. The van der Waals surface area contributed by atoms with Crippen LogP contribution in [0.4, 0.5) is 4.79 Å². The van der Waals surface area contributed by atoms with Crippen LogP contribution in [0, 0.1) is 18.3 Å². The zero-order valence-electron chi connectivity index (χ0n) is 29.8. The molecule has 15 heteroatoms. The number of sulfonamides is 1. The van der Waals surface area contributed by atoms with Gasteiger partial charge in [-0.3, -0.25) is 4.79 Å². The van der Waals surface area contributed by atoms with Crippen molar-refractivity contribution < 1.29 is 32.2 Å². The zero-order valence-corrected chi connectivity index (χ0v) is 31.4. The Morgan fingerprint density at radius 2 is 1.78 bits per heavy atom. The first-order chi connectivity index (χ1) is 23.3. The van der Waals surface area contributed by atoms with Crippen LogP contribution in [0.3, 0.4) is 0 Å². The summed E-state index contributed by atoms with van der Waals surface area (Å²) in [4.78, 5) is 36.0. The highest BCUT2D eigenvalue weighted by atomic mass is 35.5. The lowest BCUT2D eigenvalue weighted by molar-refractivity contribution is 0.0130. The maximum atomic E-state index is 13.2. The summed E-state index contributed by atoms with van der Waals surface area (Å²) < 4.78 is 47.1. The quantitative estimate of drug-likeness (QED) is 0.152. The van der Waals surface area contributed by atoms with E-state index in [1.165, 1.54) is 35.7 Å². The van der Waals surface area contributed by atoms with E-state index in [9.17, 15) is 18.0 Å². The van der Waals surface area contributed by atoms with E-state index in [1.807, 2.05) is 39.3 Å². The molecule has 0 radical (unpaired) electrons. The summed E-state index contributed by atoms with van der Waals surface area (Å²) in [5.74, 6) is 0.229. The van der Waals surface area contributed by atoms with Crippen molar-refractivity contribution in [3.05, 3.63) is 52.8 Å². The molecule has 50 heavy (non-hydrogen) atoms. The monoisotopic (exact) mass is 730 g/mol. The first-order valence-corrected chi connectivity index (χ1v) is 18.7. The van der Waals surface area contributed by atoms with Crippen molar-refractivity contribution in [3.8, 4) is 17.6 Å². The maximum Gasteiger partial charge on any atom is 0.410 e. The van der Waals surface area contributed by atoms with Crippen LogP contribution in [-0.4, -0.2) is 76.0 Å². The van der Waals surface area contributed by atoms with Gasteiger partial charge in [-0.1, -0.05) is 24.6 Å². The molecule has 1 N–H and O–H groups in total. The van der Waals surface area contributed by atoms with Gasteiger partial charge in [0, 0.05) is 29.9 Å². The predicted octanol–water partition coefficient (Wildman–Crippen LogP) is 6.51. The predicted molar refractivity (Wildman–Crippen MR) is 187 cm³/mol. The lowest BCUT2D eigenvalue weighted by atomic mass is 9.93. The van der Waals surface area contributed by atoms with Crippen molar-refractivity contribution >= 4 is 33.6 Å². The summed E-state index contributed by atoms with van der Waals surface area (Å²) in [7, 11) is -4.38. The fourth-order valence-electron chi connectivity index (χ4n) is 5.88. The number of nitrogens with zero attached hydrogens (tertiary/aromatic N) is 5. The molecular weight excluding hydrogens is 684 g/mol. The average molecular weight is 731 g/mol. The number of rotatable bonds is 13. The highest BCUT2D eigenvalue weighted by Crippen LogP contribution is 2.48. The molecule has 0 spiro atoms. The summed E-state index contributed by atoms with van der Waals surface area (Å²) in [6.07, 6.45) is 7.04. The molecule has 0 unspecified atom stereocenters. The molecule has 2 amide bonds. The molecule has 0 bridgehead atoms. The number of pyridine rings is 2. The van der Waals surface area contributed by atoms with Gasteiger partial charge in [-0.2, -0.15) is 13.4 Å². The zero-order chi connectivity index (χ0) is 36.5. The van der Waals surface area contributed by atoms with E-state index in [2.05, 4.69) is 22.0 Å². The molecule has 272 valence electrons. The van der Waals surface area contributed by atoms with Gasteiger partial charge in [0.1, 0.15) is 10.8 Å². The topological polar surface area (TPSA) is 155 Å². The van der Waals surface area contributed by atoms with Gasteiger partial charge in [0.2, 0.25) is 11.8 Å². The fraction of sp³-hybridized carbons (Fsp3) is 0.571. The van der Waals surface area contributed by atoms with Crippen LogP contribution >= 0.6 is 11.6 Å². The minimum atomic E-state index is -4.38. The van der Waals surface area contributed by atoms with E-state index in [1.54, 1.807) is 30.2 Å². The van der Waals surface area contributed by atoms with Gasteiger partial charge in [0.15, 0.2) is 10.8 Å². The first kappa shape index (κ1) is 37.3. The van der Waals surface area contributed by atoms with Crippen LogP contribution in [0.15, 0.2) is 41.6 Å². The van der Waals surface area contributed by atoms with Crippen LogP contribution in [0.25, 0.3) is 5.82 Å². The minimum Gasteiger partial charge on any atom is -0.477 e. The fourth-order valence-corrected chi connectivity index (χ4v) is 7.02. The van der Waals surface area contributed by atoms with E-state index in [0.29, 0.717) is 48.9 Å². The van der Waals surface area contributed by atoms with Gasteiger partial charge >= 0.3 is 6.09 Å². The Balaban J connectivity index is 1.14. The number of halogens is 1. The number of aryl methyl sites for hydroxylation is 1. The van der Waals surface area contributed by atoms with E-state index in [-0.39, 0.29) is 39.2 Å². The molecule has 13 nitrogen and oxygen atoms in total. The molecule has 3 aromatic heterocycles. The third-order valence-corrected chi connectivity index (χ3v) is 10.6. The van der Waals surface area contributed by atoms with Crippen molar-refractivity contribution in [2.75, 3.05) is 19.8 Å². The second-order valence-electron chi connectivity index (χ2n) is 15.2. The molecule has 4 heterocycles. The Morgan fingerprint density at radius 1 is 1.04 bits per heavy atom. The molecule has 1 saturated heterocycles. The Hall–Kier alpha value is -3.91. The summed E-state index contributed by atoms with van der Waals surface area (Å²) in [6, 6.07) is 7.46. The molecule has 1 saturated carbocycles. The van der Waals surface area contributed by atoms with Crippen molar-refractivity contribution in [2.45, 2.75) is 103 Å². The number of aromatic nitrogens is 4. The molecule has 2 fully saturated rings. The van der Waals surface area contributed by atoms with Crippen LogP contribution in [-0.2, 0) is 14.8 Å². The standard InChI is InChI=1S/C35H47ClN6O7S/c1-23-10-13-28(38-31(23)48-19-8-9-24-21-34(5,6)41(22-24)32(44)49-33(2,3)4)50(45,46)40-30(43)25-11-12-26(37-29(25)36)42-18-14-27(39-42)47-20-17-35(7)15-16-35/h10-14,18,24H,8-9,15-17,19-22H2,1-7H3,(H,40,43)/t24-/m0/s1. The Morgan fingerprint density at radius 3 is 2.46 bits per heavy atom. The summed E-state index contributed by atoms with van der Waals surface area (Å²) in [5, 5.41) is 3.78. The highest BCUT2D eigenvalue weighted by molar-refractivity contribution is 7.90. The van der Waals surface area contributed by atoms with E-state index in [0.717, 1.165) is 19.3 Å². The van der Waals surface area contributed by atoms with Gasteiger partial charge in [0.05, 0.1) is 18.8 Å². The summed E-state index contributed by atoms with van der Waals surface area (Å²) in [5.41, 5.74) is -0.0185. The summed E-state index contributed by atoms with van der Waals surface area (Å²) in [6.45, 7) is 15.1. The number of ether oxygens (including phenoxy) is 3. The van der Waals surface area contributed by atoms with E-state index >= 15 is 0 Å². The lowest BCUT2D eigenvalue weighted by Crippen LogP contribution is -2.45. The Labute approximate surface area is 299 Å². The number of amides is 2. The second-order valence-corrected chi connectivity index (χ2v) is 17.2. The molecule has 1 aliphatic heterocycles. The van der Waals surface area contributed by atoms with Crippen LogP contribution in [0.5, 0.6) is 11.8 Å². The molecule has 1 aliphatic carbocycles. The number of carbonyl (C=O) groups excluding carboxylic acids is 2. The van der Waals surface area contributed by atoms with Gasteiger partial charge < -0.3 is 19.1 Å². The number of hydrogen-bond acceptors (Lipinski definition) is 10. The molecule has 2 aliphatic rings. The molecule has 5 rings (SSSR count). The van der Waals surface area contributed by atoms with Gasteiger partial charge in [0.25, 0.3) is 15.9 Å². The van der Waals surface area contributed by atoms with Crippen LogP contribution < -0.4 is 14.2 Å².